The Morgan fingerprint density at radius 2 is 2.09 bits per heavy atom. The summed E-state index contributed by atoms with van der Waals surface area (Å²) in [5.74, 6) is 1.11. The zero-order valence-electron chi connectivity index (χ0n) is 12.9. The van der Waals surface area contributed by atoms with Crippen molar-refractivity contribution in [2.24, 2.45) is 0 Å². The van der Waals surface area contributed by atoms with E-state index >= 15 is 0 Å². The number of thiophene rings is 1. The fraction of sp³-hybridized carbons (Fsp3) is 0.444. The second kappa shape index (κ2) is 6.32. The first-order chi connectivity index (χ1) is 11.3. The summed E-state index contributed by atoms with van der Waals surface area (Å²) in [7, 11) is 0. The van der Waals surface area contributed by atoms with Crippen molar-refractivity contribution in [3.05, 3.63) is 46.9 Å². The summed E-state index contributed by atoms with van der Waals surface area (Å²) >= 11 is 1.66. The van der Waals surface area contributed by atoms with Gasteiger partial charge in [0.2, 0.25) is 5.91 Å². The summed E-state index contributed by atoms with van der Waals surface area (Å²) in [4.78, 5) is 20.1. The molecule has 120 valence electrons. The largest absolute Gasteiger partial charge is 0.489 e. The SMILES string of the molecule is O=C(Cc1cccs1)N1C2CCC1CC(Oc1cccnc1)C2. The average Bonchev–Trinajstić information content (AvgIpc) is 3.15. The van der Waals surface area contributed by atoms with Crippen molar-refractivity contribution in [1.29, 1.82) is 0 Å². The number of fused-ring (bicyclic) bond motifs is 2. The van der Waals surface area contributed by atoms with Crippen molar-refractivity contribution in [2.75, 3.05) is 0 Å². The van der Waals surface area contributed by atoms with Gasteiger partial charge in [-0.3, -0.25) is 9.78 Å². The van der Waals surface area contributed by atoms with E-state index < -0.39 is 0 Å². The van der Waals surface area contributed by atoms with E-state index in [0.29, 0.717) is 18.5 Å². The van der Waals surface area contributed by atoms with Gasteiger partial charge in [0.1, 0.15) is 11.9 Å². The summed E-state index contributed by atoms with van der Waals surface area (Å²) in [6.07, 6.45) is 8.32. The molecule has 2 aliphatic rings. The number of rotatable bonds is 4. The van der Waals surface area contributed by atoms with Crippen LogP contribution in [-0.2, 0) is 11.2 Å². The predicted molar refractivity (Wildman–Crippen MR) is 89.6 cm³/mol. The summed E-state index contributed by atoms with van der Waals surface area (Å²) in [6, 6.07) is 8.57. The summed E-state index contributed by atoms with van der Waals surface area (Å²) < 4.78 is 6.07. The van der Waals surface area contributed by atoms with Crippen molar-refractivity contribution >= 4 is 17.2 Å². The Labute approximate surface area is 140 Å². The summed E-state index contributed by atoms with van der Waals surface area (Å²) in [6.45, 7) is 0. The van der Waals surface area contributed by atoms with Crippen molar-refractivity contribution < 1.29 is 9.53 Å². The molecule has 23 heavy (non-hydrogen) atoms. The van der Waals surface area contributed by atoms with Gasteiger partial charge in [-0.15, -0.1) is 11.3 Å². The number of hydrogen-bond donors (Lipinski definition) is 0. The molecule has 2 atom stereocenters. The van der Waals surface area contributed by atoms with Crippen molar-refractivity contribution in [1.82, 2.24) is 9.88 Å². The molecule has 0 aromatic carbocycles. The molecule has 2 fully saturated rings. The molecular weight excluding hydrogens is 308 g/mol. The van der Waals surface area contributed by atoms with Gasteiger partial charge in [-0.25, -0.2) is 0 Å². The van der Waals surface area contributed by atoms with Crippen LogP contribution in [0.1, 0.15) is 30.6 Å². The molecule has 1 amide bonds. The highest BCUT2D eigenvalue weighted by molar-refractivity contribution is 7.10. The fourth-order valence-electron chi connectivity index (χ4n) is 3.89. The second-order valence-electron chi connectivity index (χ2n) is 6.34. The molecule has 2 aliphatic heterocycles. The number of amides is 1. The molecule has 4 heterocycles. The van der Waals surface area contributed by atoms with Crippen LogP contribution in [0, 0.1) is 0 Å². The maximum absolute atomic E-state index is 12.7. The molecule has 2 aromatic heterocycles. The molecule has 0 N–H and O–H groups in total. The first kappa shape index (κ1) is 14.7. The third kappa shape index (κ3) is 3.11. The van der Waals surface area contributed by atoms with Crippen LogP contribution in [0.2, 0.25) is 0 Å². The molecule has 2 saturated heterocycles. The van der Waals surface area contributed by atoms with Crippen LogP contribution >= 0.6 is 11.3 Å². The number of aromatic nitrogens is 1. The lowest BCUT2D eigenvalue weighted by molar-refractivity contribution is -0.136. The minimum atomic E-state index is 0.197. The molecule has 4 nitrogen and oxygen atoms in total. The highest BCUT2D eigenvalue weighted by Crippen LogP contribution is 2.37. The second-order valence-corrected chi connectivity index (χ2v) is 7.37. The lowest BCUT2D eigenvalue weighted by Gasteiger charge is -2.39. The van der Waals surface area contributed by atoms with Gasteiger partial charge < -0.3 is 9.64 Å². The topological polar surface area (TPSA) is 42.4 Å². The smallest absolute Gasteiger partial charge is 0.228 e. The Kier molecular flexibility index (Phi) is 4.04. The Balaban J connectivity index is 1.41. The lowest BCUT2D eigenvalue weighted by atomic mass is 9.99. The third-order valence-electron chi connectivity index (χ3n) is 4.82. The maximum atomic E-state index is 12.7. The normalized spacial score (nSPS) is 26.3. The highest BCUT2D eigenvalue weighted by atomic mass is 32.1. The Hall–Kier alpha value is -1.88. The number of pyridine rings is 1. The standard InChI is InChI=1S/C18H20N2O2S/c21-18(11-17-4-2-8-23-17)20-13-5-6-14(20)10-16(9-13)22-15-3-1-7-19-12-15/h1-4,7-8,12-14,16H,5-6,9-11H2. The van der Waals surface area contributed by atoms with Gasteiger partial charge in [0.15, 0.2) is 0 Å². The summed E-state index contributed by atoms with van der Waals surface area (Å²) in [5.41, 5.74) is 0. The highest BCUT2D eigenvalue weighted by Gasteiger charge is 2.43. The van der Waals surface area contributed by atoms with Gasteiger partial charge >= 0.3 is 0 Å². The van der Waals surface area contributed by atoms with E-state index in [1.807, 2.05) is 29.6 Å². The summed E-state index contributed by atoms with van der Waals surface area (Å²) in [5, 5.41) is 2.03. The van der Waals surface area contributed by atoms with Crippen LogP contribution in [-0.4, -0.2) is 34.0 Å². The molecular formula is C18H20N2O2S. The first-order valence-electron chi connectivity index (χ1n) is 8.20. The zero-order chi connectivity index (χ0) is 15.6. The van der Waals surface area contributed by atoms with Crippen molar-refractivity contribution in [3.63, 3.8) is 0 Å². The molecule has 0 aliphatic carbocycles. The van der Waals surface area contributed by atoms with Crippen LogP contribution < -0.4 is 4.74 Å². The average molecular weight is 328 g/mol. The molecule has 2 bridgehead atoms. The monoisotopic (exact) mass is 328 g/mol. The number of hydrogen-bond acceptors (Lipinski definition) is 4. The van der Waals surface area contributed by atoms with Crippen LogP contribution in [0.3, 0.4) is 0 Å². The lowest BCUT2D eigenvalue weighted by Crippen LogP contribution is -2.49. The third-order valence-corrected chi connectivity index (χ3v) is 5.70. The minimum absolute atomic E-state index is 0.197. The van der Waals surface area contributed by atoms with E-state index in [9.17, 15) is 4.79 Å². The molecule has 0 radical (unpaired) electrons. The number of piperidine rings is 1. The minimum Gasteiger partial charge on any atom is -0.489 e. The van der Waals surface area contributed by atoms with Crippen LogP contribution in [0.25, 0.3) is 0 Å². The Bertz CT molecular complexity index is 645. The van der Waals surface area contributed by atoms with E-state index in [0.717, 1.165) is 36.3 Å². The number of carbonyl (C=O) groups is 1. The van der Waals surface area contributed by atoms with E-state index in [2.05, 4.69) is 9.88 Å². The number of ether oxygens (including phenoxy) is 1. The Morgan fingerprint density at radius 3 is 2.74 bits per heavy atom. The van der Waals surface area contributed by atoms with Gasteiger partial charge in [-0.2, -0.15) is 0 Å². The molecule has 4 rings (SSSR count). The van der Waals surface area contributed by atoms with Gasteiger partial charge in [0.25, 0.3) is 0 Å². The van der Waals surface area contributed by atoms with E-state index in [4.69, 9.17) is 4.74 Å². The molecule has 0 saturated carbocycles. The number of carbonyl (C=O) groups excluding carboxylic acids is 1. The first-order valence-corrected chi connectivity index (χ1v) is 9.08. The molecule has 0 spiro atoms. The van der Waals surface area contributed by atoms with Crippen LogP contribution in [0.4, 0.5) is 0 Å². The van der Waals surface area contributed by atoms with Crippen molar-refractivity contribution in [2.45, 2.75) is 50.3 Å². The van der Waals surface area contributed by atoms with E-state index in [1.54, 1.807) is 23.7 Å². The van der Waals surface area contributed by atoms with E-state index in [1.165, 1.54) is 0 Å². The van der Waals surface area contributed by atoms with Gasteiger partial charge in [0.05, 0.1) is 12.6 Å². The van der Waals surface area contributed by atoms with Crippen LogP contribution in [0.15, 0.2) is 42.0 Å². The maximum Gasteiger partial charge on any atom is 0.228 e. The fourth-order valence-corrected chi connectivity index (χ4v) is 4.59. The predicted octanol–water partition coefficient (Wildman–Crippen LogP) is 3.29. The zero-order valence-corrected chi connectivity index (χ0v) is 13.7. The van der Waals surface area contributed by atoms with Gasteiger partial charge in [-0.1, -0.05) is 6.07 Å². The molecule has 5 heteroatoms. The van der Waals surface area contributed by atoms with E-state index in [-0.39, 0.29) is 12.0 Å². The number of nitrogens with zero attached hydrogens (tertiary/aromatic N) is 2. The molecule has 2 unspecified atom stereocenters. The van der Waals surface area contributed by atoms with Crippen molar-refractivity contribution in [3.8, 4) is 5.75 Å². The Morgan fingerprint density at radius 1 is 1.26 bits per heavy atom. The molecule has 2 aromatic rings. The van der Waals surface area contributed by atoms with Crippen LogP contribution in [0.5, 0.6) is 5.75 Å². The quantitative estimate of drug-likeness (QED) is 0.865. The van der Waals surface area contributed by atoms with Gasteiger partial charge in [0, 0.05) is 36.0 Å². The van der Waals surface area contributed by atoms with Gasteiger partial charge in [-0.05, 0) is 36.4 Å².